The number of aliphatic carboxylic acids is 3. The van der Waals surface area contributed by atoms with E-state index in [1.165, 1.54) is 135 Å². The van der Waals surface area contributed by atoms with Gasteiger partial charge in [-0.15, -0.1) is 0 Å². The Balaban J connectivity index is 5.89. The second kappa shape index (κ2) is 42.0. The van der Waals surface area contributed by atoms with Crippen LogP contribution < -0.4 is 0 Å². The van der Waals surface area contributed by atoms with Crippen LogP contribution in [0.5, 0.6) is 0 Å². The van der Waals surface area contributed by atoms with Crippen LogP contribution in [0.1, 0.15) is 305 Å². The van der Waals surface area contributed by atoms with Crippen molar-refractivity contribution in [3.8, 4) is 0 Å². The molecule has 3 N–H and O–H groups in total. The predicted molar refractivity (Wildman–Crippen MR) is 277 cm³/mol. The van der Waals surface area contributed by atoms with E-state index in [0.717, 1.165) is 94.8 Å². The third kappa shape index (κ3) is 29.8. The minimum atomic E-state index is -2.73. The monoisotopic (exact) mass is 935 g/mol. The largest absolute Gasteiger partial charge is 0.481 e. The van der Waals surface area contributed by atoms with E-state index in [1.54, 1.807) is 6.92 Å². The van der Waals surface area contributed by atoms with Gasteiger partial charge in [-0.2, -0.15) is 0 Å². The predicted octanol–water partition coefficient (Wildman–Crippen LogP) is 17.8. The van der Waals surface area contributed by atoms with Gasteiger partial charge >= 0.3 is 17.9 Å². The minimum absolute atomic E-state index is 0.0386. The molecule has 0 saturated heterocycles. The van der Waals surface area contributed by atoms with E-state index >= 15 is 0 Å². The van der Waals surface area contributed by atoms with Crippen LogP contribution in [-0.2, 0) is 23.9 Å². The first kappa shape index (κ1) is 64.0. The van der Waals surface area contributed by atoms with Gasteiger partial charge in [0.05, 0.1) is 0 Å². The molecular weight excluding hydrogens is 825 g/mol. The van der Waals surface area contributed by atoms with Crippen molar-refractivity contribution in [3.05, 3.63) is 0 Å². The second-order valence-corrected chi connectivity index (χ2v) is 22.0. The number of ether oxygens (including phenoxy) is 1. The van der Waals surface area contributed by atoms with E-state index in [2.05, 4.69) is 41.5 Å². The van der Waals surface area contributed by atoms with Gasteiger partial charge < -0.3 is 20.1 Å². The normalized spacial score (nSPS) is 13.5. The molecule has 0 saturated carbocycles. The number of carbonyl (C=O) groups is 4. The summed E-state index contributed by atoms with van der Waals surface area (Å²) in [5.74, 6) is -5.19. The van der Waals surface area contributed by atoms with Crippen molar-refractivity contribution in [3.63, 3.8) is 0 Å². The van der Waals surface area contributed by atoms with E-state index in [-0.39, 0.29) is 25.9 Å². The summed E-state index contributed by atoms with van der Waals surface area (Å²) in [5.41, 5.74) is -4.80. The van der Waals surface area contributed by atoms with E-state index in [0.29, 0.717) is 25.7 Å². The quantitative estimate of drug-likeness (QED) is 0.0405. The molecule has 8 heteroatoms. The Morgan fingerprint density at radius 2 is 0.667 bits per heavy atom. The highest BCUT2D eigenvalue weighted by Gasteiger charge is 2.69. The SMILES string of the molecule is CCCC(=O)C(C(=O)O)C(OCCCCCCCCCCCCCC(C)C)(C(=O)O)C(CCCCCCCCCCCCCC(C)C)(CCCCCCCCCCCCCC(C)C)C(=O)O. The molecule has 0 aromatic heterocycles. The number of unbranched alkanes of at least 4 members (excludes halogenated alkanes) is 30. The molecule has 0 radical (unpaired) electrons. The average Bonchev–Trinajstić information content (AvgIpc) is 3.25. The maximum Gasteiger partial charge on any atom is 0.338 e. The first-order valence-corrected chi connectivity index (χ1v) is 28.6. The van der Waals surface area contributed by atoms with Crippen molar-refractivity contribution in [1.29, 1.82) is 0 Å². The number of Topliss-reactive ketones (excluding diaryl/α,β-unsaturated/α-hetero) is 1. The molecule has 0 rings (SSSR count). The van der Waals surface area contributed by atoms with E-state index in [1.807, 2.05) is 0 Å². The molecule has 0 aromatic carbocycles. The number of hydrogen-bond donors (Lipinski definition) is 3. The van der Waals surface area contributed by atoms with Gasteiger partial charge in [0.25, 0.3) is 0 Å². The Labute approximate surface area is 408 Å². The zero-order chi connectivity index (χ0) is 49.3. The van der Waals surface area contributed by atoms with Gasteiger partial charge in [-0.1, -0.05) is 273 Å². The molecule has 0 amide bonds. The van der Waals surface area contributed by atoms with Crippen LogP contribution >= 0.6 is 0 Å². The first-order valence-electron chi connectivity index (χ1n) is 28.6. The van der Waals surface area contributed by atoms with Crippen molar-refractivity contribution in [2.24, 2.45) is 29.1 Å². The molecule has 0 bridgehead atoms. The van der Waals surface area contributed by atoms with Crippen LogP contribution in [0.25, 0.3) is 0 Å². The van der Waals surface area contributed by atoms with Gasteiger partial charge in [0.1, 0.15) is 5.41 Å². The fourth-order valence-corrected chi connectivity index (χ4v) is 10.3. The summed E-state index contributed by atoms with van der Waals surface area (Å²) in [5, 5.41) is 33.4. The van der Waals surface area contributed by atoms with Crippen molar-refractivity contribution < 1.29 is 39.2 Å². The maximum absolute atomic E-state index is 13.9. The van der Waals surface area contributed by atoms with Crippen LogP contribution in [0.4, 0.5) is 0 Å². The molecule has 0 aliphatic heterocycles. The summed E-state index contributed by atoms with van der Waals surface area (Å²) in [6.07, 6.45) is 39.5. The van der Waals surface area contributed by atoms with E-state index in [9.17, 15) is 34.5 Å². The van der Waals surface area contributed by atoms with E-state index < -0.39 is 40.6 Å². The number of carboxylic acid groups (broad SMARTS) is 3. The van der Waals surface area contributed by atoms with Crippen LogP contribution in [0, 0.1) is 29.1 Å². The molecule has 0 spiro atoms. The maximum atomic E-state index is 13.9. The van der Waals surface area contributed by atoms with Gasteiger partial charge in [-0.3, -0.25) is 14.4 Å². The zero-order valence-corrected chi connectivity index (χ0v) is 44.7. The lowest BCUT2D eigenvalue weighted by Crippen LogP contribution is -2.67. The Kier molecular flexibility index (Phi) is 40.7. The fourth-order valence-electron chi connectivity index (χ4n) is 10.3. The lowest BCUT2D eigenvalue weighted by atomic mass is 9.59. The second-order valence-electron chi connectivity index (χ2n) is 22.0. The van der Waals surface area contributed by atoms with Crippen molar-refractivity contribution in [2.75, 3.05) is 6.61 Å². The number of carbonyl (C=O) groups excluding carboxylic acids is 1. The lowest BCUT2D eigenvalue weighted by molar-refractivity contribution is -0.219. The summed E-state index contributed by atoms with van der Waals surface area (Å²) in [6.45, 7) is 15.3. The summed E-state index contributed by atoms with van der Waals surface area (Å²) in [6, 6.07) is 0. The van der Waals surface area contributed by atoms with Crippen molar-refractivity contribution in [1.82, 2.24) is 0 Å². The number of hydrogen-bond acceptors (Lipinski definition) is 5. The molecule has 0 aliphatic carbocycles. The smallest absolute Gasteiger partial charge is 0.338 e. The number of ketones is 1. The molecule has 2 atom stereocenters. The topological polar surface area (TPSA) is 138 Å². The Morgan fingerprint density at radius 3 is 0.909 bits per heavy atom. The van der Waals surface area contributed by atoms with Gasteiger partial charge in [0.15, 0.2) is 11.7 Å². The Hall–Kier alpha value is -1.96. The highest BCUT2D eigenvalue weighted by atomic mass is 16.5. The number of rotatable bonds is 51. The third-order valence-corrected chi connectivity index (χ3v) is 14.4. The lowest BCUT2D eigenvalue weighted by Gasteiger charge is -2.47. The van der Waals surface area contributed by atoms with Crippen molar-refractivity contribution in [2.45, 2.75) is 311 Å². The van der Waals surface area contributed by atoms with Gasteiger partial charge in [-0.05, 0) is 43.4 Å². The molecule has 66 heavy (non-hydrogen) atoms. The molecule has 0 aromatic rings. The van der Waals surface area contributed by atoms with Gasteiger partial charge in [0, 0.05) is 13.0 Å². The Bertz CT molecular complexity index is 1150. The summed E-state index contributed by atoms with van der Waals surface area (Å²) >= 11 is 0. The molecule has 0 aliphatic rings. The third-order valence-electron chi connectivity index (χ3n) is 14.4. The van der Waals surface area contributed by atoms with E-state index in [4.69, 9.17) is 4.74 Å². The number of carboxylic acids is 3. The first-order chi connectivity index (χ1) is 31.7. The van der Waals surface area contributed by atoms with Gasteiger partial charge in [0.2, 0.25) is 5.60 Å². The van der Waals surface area contributed by atoms with Crippen molar-refractivity contribution >= 4 is 23.7 Å². The molecule has 0 fully saturated rings. The minimum Gasteiger partial charge on any atom is -0.481 e. The molecule has 8 nitrogen and oxygen atoms in total. The fraction of sp³-hybridized carbons (Fsp3) is 0.931. The molecule has 0 heterocycles. The van der Waals surface area contributed by atoms with Crippen LogP contribution in [0.3, 0.4) is 0 Å². The summed E-state index contributed by atoms with van der Waals surface area (Å²) in [4.78, 5) is 54.9. The highest BCUT2D eigenvalue weighted by Crippen LogP contribution is 2.50. The molecule has 2 unspecified atom stereocenters. The summed E-state index contributed by atoms with van der Waals surface area (Å²) < 4.78 is 6.37. The van der Waals surface area contributed by atoms with Crippen LogP contribution in [0.15, 0.2) is 0 Å². The average molecular weight is 936 g/mol. The summed E-state index contributed by atoms with van der Waals surface area (Å²) in [7, 11) is 0. The highest BCUT2D eigenvalue weighted by molar-refractivity contribution is 6.06. The molecule has 390 valence electrons. The van der Waals surface area contributed by atoms with Crippen LogP contribution in [0.2, 0.25) is 0 Å². The molecular formula is C58H110O8. The Morgan fingerprint density at radius 1 is 0.394 bits per heavy atom. The standard InChI is InChI=1S/C58H110O8/c1-8-42-52(59)53(54(60)61)58(56(64)65,66-48-41-35-29-23-17-11-14-20-26-32-38-45-51(6)7)57(55(62)63,46-39-33-27-21-15-9-12-18-24-30-36-43-49(2)3)47-40-34-28-22-16-10-13-19-25-31-37-44-50(4)5/h49-51,53H,8-48H2,1-7H3,(H,60,61)(H,62,63)(H,64,65). The van der Waals surface area contributed by atoms with Crippen LogP contribution in [-0.4, -0.2) is 51.2 Å². The van der Waals surface area contributed by atoms with Gasteiger partial charge in [-0.25, -0.2) is 4.79 Å². The zero-order valence-electron chi connectivity index (χ0n) is 44.7.